The van der Waals surface area contributed by atoms with Crippen LogP contribution in [0.15, 0.2) is 30.3 Å². The summed E-state index contributed by atoms with van der Waals surface area (Å²) in [5, 5.41) is 3.26. The Labute approximate surface area is 98.1 Å². The first-order valence-electron chi connectivity index (χ1n) is 5.73. The molecule has 0 aliphatic carbocycles. The molecule has 0 amide bonds. The third-order valence-corrected chi connectivity index (χ3v) is 2.59. The van der Waals surface area contributed by atoms with Crippen molar-refractivity contribution >= 4 is 5.78 Å². The van der Waals surface area contributed by atoms with Crippen LogP contribution in [0.2, 0.25) is 0 Å². The van der Waals surface area contributed by atoms with E-state index < -0.39 is 0 Å². The van der Waals surface area contributed by atoms with E-state index in [1.165, 1.54) is 5.56 Å². The van der Waals surface area contributed by atoms with Crippen LogP contribution in [0.4, 0.5) is 0 Å². The van der Waals surface area contributed by atoms with E-state index >= 15 is 0 Å². The number of rotatable bonds is 4. The smallest absolute Gasteiger partial charge is 0.154 e. The third kappa shape index (κ3) is 3.78. The topological polar surface area (TPSA) is 29.1 Å². The summed E-state index contributed by atoms with van der Waals surface area (Å²) in [5.41, 5.74) is 0.930. The molecule has 0 radical (unpaired) electrons. The highest BCUT2D eigenvalue weighted by Gasteiger charge is 2.25. The molecular formula is C14H21NO. The number of ketones is 1. The van der Waals surface area contributed by atoms with E-state index in [-0.39, 0.29) is 17.2 Å². The number of nitrogens with one attached hydrogen (secondary N) is 1. The van der Waals surface area contributed by atoms with E-state index in [1.54, 1.807) is 0 Å². The van der Waals surface area contributed by atoms with Crippen molar-refractivity contribution in [3.63, 3.8) is 0 Å². The Morgan fingerprint density at radius 2 is 1.81 bits per heavy atom. The van der Waals surface area contributed by atoms with Gasteiger partial charge in [-0.1, -0.05) is 51.1 Å². The molecule has 0 aromatic heterocycles. The summed E-state index contributed by atoms with van der Waals surface area (Å²) >= 11 is 0. The summed E-state index contributed by atoms with van der Waals surface area (Å²) in [6.07, 6.45) is 0. The summed E-state index contributed by atoms with van der Waals surface area (Å²) in [7, 11) is 0. The second-order valence-corrected chi connectivity index (χ2v) is 5.20. The van der Waals surface area contributed by atoms with Gasteiger partial charge in [0.25, 0.3) is 0 Å². The van der Waals surface area contributed by atoms with Crippen molar-refractivity contribution in [1.82, 2.24) is 5.32 Å². The van der Waals surface area contributed by atoms with Gasteiger partial charge in [-0.15, -0.1) is 0 Å². The van der Waals surface area contributed by atoms with Crippen LogP contribution in [-0.4, -0.2) is 11.8 Å². The Morgan fingerprint density at radius 1 is 1.25 bits per heavy atom. The fourth-order valence-electron chi connectivity index (χ4n) is 1.61. The Kier molecular flexibility index (Phi) is 4.25. The zero-order valence-corrected chi connectivity index (χ0v) is 10.6. The molecule has 88 valence electrons. The molecule has 16 heavy (non-hydrogen) atoms. The van der Waals surface area contributed by atoms with Crippen LogP contribution in [0.5, 0.6) is 0 Å². The van der Waals surface area contributed by atoms with Crippen LogP contribution in [0.25, 0.3) is 0 Å². The molecule has 1 N–H and O–H groups in total. The van der Waals surface area contributed by atoms with Crippen LogP contribution in [0, 0.1) is 5.41 Å². The van der Waals surface area contributed by atoms with Crippen molar-refractivity contribution in [3.8, 4) is 0 Å². The number of hydrogen-bond donors (Lipinski definition) is 1. The lowest BCUT2D eigenvalue weighted by molar-refractivity contribution is -0.128. The zero-order chi connectivity index (χ0) is 12.2. The van der Waals surface area contributed by atoms with Crippen LogP contribution < -0.4 is 5.32 Å². The minimum atomic E-state index is -0.275. The van der Waals surface area contributed by atoms with Crippen molar-refractivity contribution < 1.29 is 4.79 Å². The summed E-state index contributed by atoms with van der Waals surface area (Å²) in [6, 6.07) is 10.0. The molecule has 1 atom stereocenters. The number of Topliss-reactive ketones (excluding diaryl/α,β-unsaturated/α-hetero) is 1. The second-order valence-electron chi connectivity index (χ2n) is 5.20. The van der Waals surface area contributed by atoms with E-state index in [2.05, 4.69) is 17.4 Å². The molecule has 0 saturated carbocycles. The van der Waals surface area contributed by atoms with Gasteiger partial charge in [0.15, 0.2) is 5.78 Å². The quantitative estimate of drug-likeness (QED) is 0.843. The fourth-order valence-corrected chi connectivity index (χ4v) is 1.61. The Bertz CT molecular complexity index is 338. The van der Waals surface area contributed by atoms with Gasteiger partial charge in [0.2, 0.25) is 0 Å². The Balaban J connectivity index is 2.48. The van der Waals surface area contributed by atoms with Gasteiger partial charge in [0.05, 0.1) is 6.04 Å². The van der Waals surface area contributed by atoms with Gasteiger partial charge >= 0.3 is 0 Å². The van der Waals surface area contributed by atoms with E-state index in [9.17, 15) is 4.79 Å². The van der Waals surface area contributed by atoms with Gasteiger partial charge < -0.3 is 5.32 Å². The first-order valence-corrected chi connectivity index (χ1v) is 5.73. The molecule has 0 heterocycles. The zero-order valence-electron chi connectivity index (χ0n) is 10.6. The van der Waals surface area contributed by atoms with Gasteiger partial charge in [0.1, 0.15) is 0 Å². The molecule has 2 heteroatoms. The van der Waals surface area contributed by atoms with E-state index in [0.717, 1.165) is 6.54 Å². The molecule has 0 saturated heterocycles. The van der Waals surface area contributed by atoms with Gasteiger partial charge in [-0.2, -0.15) is 0 Å². The highest BCUT2D eigenvalue weighted by atomic mass is 16.1. The highest BCUT2D eigenvalue weighted by Crippen LogP contribution is 2.16. The second kappa shape index (κ2) is 5.26. The van der Waals surface area contributed by atoms with Crippen molar-refractivity contribution in [3.05, 3.63) is 35.9 Å². The average Bonchev–Trinajstić information content (AvgIpc) is 2.25. The molecular weight excluding hydrogens is 198 g/mol. The molecule has 2 nitrogen and oxygen atoms in total. The van der Waals surface area contributed by atoms with Crippen molar-refractivity contribution in [2.45, 2.75) is 40.3 Å². The van der Waals surface area contributed by atoms with Crippen LogP contribution in [0.3, 0.4) is 0 Å². The summed E-state index contributed by atoms with van der Waals surface area (Å²) in [5.74, 6) is 0.253. The maximum absolute atomic E-state index is 11.9. The summed E-state index contributed by atoms with van der Waals surface area (Å²) in [4.78, 5) is 11.9. The summed E-state index contributed by atoms with van der Waals surface area (Å²) < 4.78 is 0. The predicted octanol–water partition coefficient (Wildman–Crippen LogP) is 2.78. The minimum absolute atomic E-state index is 0.0970. The highest BCUT2D eigenvalue weighted by molar-refractivity contribution is 5.88. The van der Waals surface area contributed by atoms with E-state index in [4.69, 9.17) is 0 Å². The normalized spacial score (nSPS) is 13.5. The Hall–Kier alpha value is -1.15. The largest absolute Gasteiger partial charge is 0.304 e. The van der Waals surface area contributed by atoms with Crippen molar-refractivity contribution in [2.75, 3.05) is 0 Å². The first-order chi connectivity index (χ1) is 7.41. The van der Waals surface area contributed by atoms with Crippen LogP contribution in [0.1, 0.15) is 33.3 Å². The van der Waals surface area contributed by atoms with Gasteiger partial charge in [-0.05, 0) is 12.5 Å². The van der Waals surface area contributed by atoms with Gasteiger partial charge in [-0.25, -0.2) is 0 Å². The first kappa shape index (κ1) is 12.9. The van der Waals surface area contributed by atoms with Crippen molar-refractivity contribution in [1.29, 1.82) is 0 Å². The SMILES string of the molecule is C[C@H](NCc1ccccc1)C(=O)C(C)(C)C. The van der Waals surface area contributed by atoms with Gasteiger partial charge in [0, 0.05) is 12.0 Å². The lowest BCUT2D eigenvalue weighted by Crippen LogP contribution is -2.40. The number of carbonyl (C=O) groups excluding carboxylic acids is 1. The monoisotopic (exact) mass is 219 g/mol. The molecule has 1 aromatic carbocycles. The average molecular weight is 219 g/mol. The Morgan fingerprint density at radius 3 is 2.31 bits per heavy atom. The fraction of sp³-hybridized carbons (Fsp3) is 0.500. The maximum atomic E-state index is 11.9. The number of carbonyl (C=O) groups is 1. The molecule has 1 rings (SSSR count). The molecule has 0 spiro atoms. The molecule has 0 bridgehead atoms. The molecule has 0 unspecified atom stereocenters. The summed E-state index contributed by atoms with van der Waals surface area (Å²) in [6.45, 7) is 8.53. The van der Waals surface area contributed by atoms with Crippen LogP contribution >= 0.6 is 0 Å². The standard InChI is InChI=1S/C14H21NO/c1-11(13(16)14(2,3)4)15-10-12-8-6-5-7-9-12/h5-9,11,15H,10H2,1-4H3/t11-/m0/s1. The molecule has 0 aliphatic rings. The molecule has 0 aliphatic heterocycles. The third-order valence-electron chi connectivity index (χ3n) is 2.59. The lowest BCUT2D eigenvalue weighted by Gasteiger charge is -2.22. The predicted molar refractivity (Wildman–Crippen MR) is 67.2 cm³/mol. The molecule has 0 fully saturated rings. The number of benzene rings is 1. The minimum Gasteiger partial charge on any atom is -0.304 e. The van der Waals surface area contributed by atoms with Gasteiger partial charge in [-0.3, -0.25) is 4.79 Å². The van der Waals surface area contributed by atoms with Crippen molar-refractivity contribution in [2.24, 2.45) is 5.41 Å². The van der Waals surface area contributed by atoms with Crippen LogP contribution in [-0.2, 0) is 11.3 Å². The van der Waals surface area contributed by atoms with E-state index in [0.29, 0.717) is 0 Å². The maximum Gasteiger partial charge on any atom is 0.154 e. The molecule has 1 aromatic rings. The van der Waals surface area contributed by atoms with E-state index in [1.807, 2.05) is 45.9 Å². The number of hydrogen-bond acceptors (Lipinski definition) is 2. The lowest BCUT2D eigenvalue weighted by atomic mass is 9.87.